The first-order valence-electron chi connectivity index (χ1n) is 9.40. The summed E-state index contributed by atoms with van der Waals surface area (Å²) in [6, 6.07) is 5.31. The summed E-state index contributed by atoms with van der Waals surface area (Å²) in [6.45, 7) is 4.30. The Morgan fingerprint density at radius 1 is 1.14 bits per heavy atom. The van der Waals surface area contributed by atoms with Gasteiger partial charge in [-0.3, -0.25) is 0 Å². The molecule has 1 saturated heterocycles. The standard InChI is InChI=1S/C21H21F4N3O/c1-11-8-26-9-12(2)20(11,29)15-4-3-13(7-16(15)21(23,24)25)14-5-6-27-19-18(14)17(22)10-28-19/h3-7,10-12,26,29H,8-9H2,1-2H3,(H,27,28)/t11-,12+,20-. The Kier molecular flexibility index (Phi) is 4.66. The molecule has 4 nitrogen and oxygen atoms in total. The number of hydrogen-bond donors (Lipinski definition) is 3. The fraction of sp³-hybridized carbons (Fsp3) is 0.381. The normalized spacial score (nSPS) is 25.5. The minimum atomic E-state index is -4.67. The maximum atomic E-state index is 14.2. The second-order valence-electron chi connectivity index (χ2n) is 7.76. The lowest BCUT2D eigenvalue weighted by Gasteiger charge is -2.45. The van der Waals surface area contributed by atoms with Gasteiger partial charge < -0.3 is 15.4 Å². The van der Waals surface area contributed by atoms with Crippen molar-refractivity contribution in [1.29, 1.82) is 0 Å². The highest BCUT2D eigenvalue weighted by molar-refractivity contribution is 5.93. The number of H-pyrrole nitrogens is 1. The van der Waals surface area contributed by atoms with E-state index < -0.39 is 35.0 Å². The van der Waals surface area contributed by atoms with Crippen molar-refractivity contribution in [2.75, 3.05) is 13.1 Å². The summed E-state index contributed by atoms with van der Waals surface area (Å²) in [5.74, 6) is -1.40. The summed E-state index contributed by atoms with van der Waals surface area (Å²) in [5, 5.41) is 14.6. The molecule has 0 saturated carbocycles. The fourth-order valence-corrected chi connectivity index (χ4v) is 4.40. The number of fused-ring (bicyclic) bond motifs is 1. The number of aromatic amines is 1. The molecule has 1 aliphatic heterocycles. The van der Waals surface area contributed by atoms with E-state index in [2.05, 4.69) is 15.3 Å². The van der Waals surface area contributed by atoms with Crippen molar-refractivity contribution in [2.45, 2.75) is 25.6 Å². The molecule has 3 aromatic rings. The molecule has 0 aliphatic carbocycles. The van der Waals surface area contributed by atoms with Gasteiger partial charge in [-0.1, -0.05) is 26.0 Å². The maximum absolute atomic E-state index is 14.2. The summed E-state index contributed by atoms with van der Waals surface area (Å²) in [7, 11) is 0. The van der Waals surface area contributed by atoms with Crippen LogP contribution in [0.25, 0.3) is 22.2 Å². The molecule has 3 atom stereocenters. The maximum Gasteiger partial charge on any atom is 0.416 e. The van der Waals surface area contributed by atoms with Crippen LogP contribution in [0.3, 0.4) is 0 Å². The number of benzene rings is 1. The van der Waals surface area contributed by atoms with Crippen LogP contribution in [-0.2, 0) is 11.8 Å². The number of alkyl halides is 3. The van der Waals surface area contributed by atoms with Crippen molar-refractivity contribution < 1.29 is 22.7 Å². The third kappa shape index (κ3) is 3.11. The van der Waals surface area contributed by atoms with Crippen LogP contribution in [0.15, 0.2) is 36.7 Å². The van der Waals surface area contributed by atoms with Crippen LogP contribution in [-0.4, -0.2) is 28.2 Å². The molecule has 0 unspecified atom stereocenters. The summed E-state index contributed by atoms with van der Waals surface area (Å²) in [5.41, 5.74) is -1.89. The predicted octanol–water partition coefficient (Wildman–Crippen LogP) is 4.45. The highest BCUT2D eigenvalue weighted by atomic mass is 19.4. The molecule has 154 valence electrons. The molecule has 0 spiro atoms. The van der Waals surface area contributed by atoms with E-state index >= 15 is 0 Å². The van der Waals surface area contributed by atoms with Gasteiger partial charge in [-0.2, -0.15) is 13.2 Å². The first-order chi connectivity index (χ1) is 13.6. The van der Waals surface area contributed by atoms with Crippen LogP contribution in [0.1, 0.15) is 25.0 Å². The molecular weight excluding hydrogens is 386 g/mol. The van der Waals surface area contributed by atoms with Crippen LogP contribution in [0.4, 0.5) is 17.6 Å². The van der Waals surface area contributed by atoms with E-state index in [0.29, 0.717) is 18.7 Å². The van der Waals surface area contributed by atoms with E-state index in [1.807, 2.05) is 0 Å². The van der Waals surface area contributed by atoms with E-state index in [0.717, 1.165) is 12.3 Å². The van der Waals surface area contributed by atoms with Crippen LogP contribution in [0, 0.1) is 17.7 Å². The van der Waals surface area contributed by atoms with Crippen molar-refractivity contribution in [3.8, 4) is 11.1 Å². The zero-order chi connectivity index (χ0) is 21.0. The highest BCUT2D eigenvalue weighted by Gasteiger charge is 2.48. The number of hydrogen-bond acceptors (Lipinski definition) is 3. The summed E-state index contributed by atoms with van der Waals surface area (Å²) >= 11 is 0. The smallest absolute Gasteiger partial charge is 0.384 e. The number of aromatic nitrogens is 2. The first kappa shape index (κ1) is 19.8. The third-order valence-electron chi connectivity index (χ3n) is 6.00. The van der Waals surface area contributed by atoms with Crippen molar-refractivity contribution in [3.63, 3.8) is 0 Å². The molecule has 1 aromatic carbocycles. The molecule has 0 radical (unpaired) electrons. The van der Waals surface area contributed by atoms with E-state index in [9.17, 15) is 22.7 Å². The summed E-state index contributed by atoms with van der Waals surface area (Å²) in [6.07, 6.45) is -2.13. The predicted molar refractivity (Wildman–Crippen MR) is 102 cm³/mol. The number of aliphatic hydroxyl groups is 1. The lowest BCUT2D eigenvalue weighted by atomic mass is 9.69. The average molecular weight is 407 g/mol. The number of piperidine rings is 1. The Morgan fingerprint density at radius 2 is 1.83 bits per heavy atom. The third-order valence-corrected chi connectivity index (χ3v) is 6.00. The van der Waals surface area contributed by atoms with E-state index in [1.54, 1.807) is 13.8 Å². The van der Waals surface area contributed by atoms with Gasteiger partial charge in [-0.15, -0.1) is 0 Å². The van der Waals surface area contributed by atoms with E-state index in [1.165, 1.54) is 24.4 Å². The van der Waals surface area contributed by atoms with Gasteiger partial charge in [0, 0.05) is 37.3 Å². The SMILES string of the molecule is C[C@@H]1CNC[C@H](C)[C@@]1(O)c1ccc(-c2ccnc3[nH]cc(F)c23)cc1C(F)(F)F. The highest BCUT2D eigenvalue weighted by Crippen LogP contribution is 2.46. The number of rotatable bonds is 2. The number of pyridine rings is 1. The molecule has 3 heterocycles. The molecule has 0 amide bonds. The van der Waals surface area contributed by atoms with Gasteiger partial charge in [0.05, 0.1) is 16.6 Å². The zero-order valence-electron chi connectivity index (χ0n) is 15.9. The van der Waals surface area contributed by atoms with Gasteiger partial charge in [0.15, 0.2) is 5.82 Å². The minimum absolute atomic E-state index is 0.135. The van der Waals surface area contributed by atoms with Gasteiger partial charge in [-0.25, -0.2) is 9.37 Å². The number of halogens is 4. The first-order valence-corrected chi connectivity index (χ1v) is 9.40. The second kappa shape index (κ2) is 6.81. The average Bonchev–Trinajstić information content (AvgIpc) is 3.06. The van der Waals surface area contributed by atoms with Gasteiger partial charge in [0.25, 0.3) is 0 Å². The Bertz CT molecular complexity index is 1050. The summed E-state index contributed by atoms with van der Waals surface area (Å²) < 4.78 is 56.3. The van der Waals surface area contributed by atoms with Gasteiger partial charge in [0.1, 0.15) is 5.65 Å². The van der Waals surface area contributed by atoms with E-state index in [-0.39, 0.29) is 22.2 Å². The zero-order valence-corrected chi connectivity index (χ0v) is 15.9. The van der Waals surface area contributed by atoms with Gasteiger partial charge in [-0.05, 0) is 28.8 Å². The molecular formula is C21H21F4N3O. The molecule has 0 bridgehead atoms. The molecule has 8 heteroatoms. The number of nitrogens with zero attached hydrogens (tertiary/aromatic N) is 1. The molecule has 3 N–H and O–H groups in total. The Balaban J connectivity index is 1.94. The van der Waals surface area contributed by atoms with Crippen molar-refractivity contribution in [3.05, 3.63) is 53.6 Å². The monoisotopic (exact) mass is 407 g/mol. The number of nitrogens with one attached hydrogen (secondary N) is 2. The molecule has 4 rings (SSSR count). The fourth-order valence-electron chi connectivity index (χ4n) is 4.40. The Hall–Kier alpha value is -2.45. The quantitative estimate of drug-likeness (QED) is 0.550. The van der Waals surface area contributed by atoms with Gasteiger partial charge >= 0.3 is 6.18 Å². The van der Waals surface area contributed by atoms with Gasteiger partial charge in [0.2, 0.25) is 0 Å². The Morgan fingerprint density at radius 3 is 2.48 bits per heavy atom. The lowest BCUT2D eigenvalue weighted by Crippen LogP contribution is -2.53. The second-order valence-corrected chi connectivity index (χ2v) is 7.76. The molecule has 2 aromatic heterocycles. The topological polar surface area (TPSA) is 60.9 Å². The van der Waals surface area contributed by atoms with Crippen molar-refractivity contribution in [2.24, 2.45) is 11.8 Å². The molecule has 1 aliphatic rings. The largest absolute Gasteiger partial charge is 0.416 e. The minimum Gasteiger partial charge on any atom is -0.384 e. The van der Waals surface area contributed by atoms with Crippen LogP contribution in [0.5, 0.6) is 0 Å². The molecule has 1 fully saturated rings. The van der Waals surface area contributed by atoms with Crippen molar-refractivity contribution in [1.82, 2.24) is 15.3 Å². The van der Waals surface area contributed by atoms with Crippen LogP contribution in [0.2, 0.25) is 0 Å². The van der Waals surface area contributed by atoms with E-state index in [4.69, 9.17) is 0 Å². The lowest BCUT2D eigenvalue weighted by molar-refractivity contribution is -0.145. The van der Waals surface area contributed by atoms with Crippen LogP contribution < -0.4 is 5.32 Å². The summed E-state index contributed by atoms with van der Waals surface area (Å²) in [4.78, 5) is 6.68. The molecule has 29 heavy (non-hydrogen) atoms. The Labute approximate surface area is 165 Å². The van der Waals surface area contributed by atoms with Crippen LogP contribution >= 0.6 is 0 Å². The van der Waals surface area contributed by atoms with Crippen molar-refractivity contribution >= 4 is 11.0 Å².